The third kappa shape index (κ3) is 3.12. The highest BCUT2D eigenvalue weighted by molar-refractivity contribution is 5.90. The summed E-state index contributed by atoms with van der Waals surface area (Å²) in [5.74, 6) is 3.12. The summed E-state index contributed by atoms with van der Waals surface area (Å²) in [5, 5.41) is 0. The molecule has 0 aliphatic carbocycles. The molecule has 0 spiro atoms. The van der Waals surface area contributed by atoms with Crippen molar-refractivity contribution >= 4 is 5.97 Å². The quantitative estimate of drug-likeness (QED) is 0.634. The molecule has 1 unspecified atom stereocenters. The Morgan fingerprint density at radius 2 is 1.73 bits per heavy atom. The van der Waals surface area contributed by atoms with Crippen molar-refractivity contribution in [3.8, 4) is 29.2 Å². The molecule has 0 radical (unpaired) electrons. The number of carbonyl (C=O) groups excluding carboxylic acids is 1. The molecule has 3 nitrogen and oxygen atoms in total. The Kier molecular flexibility index (Phi) is 4.85. The summed E-state index contributed by atoms with van der Waals surface area (Å²) < 4.78 is 10.1. The van der Waals surface area contributed by atoms with Crippen LogP contribution in [0.2, 0.25) is 0 Å². The molecule has 3 heteroatoms. The van der Waals surface area contributed by atoms with Crippen LogP contribution in [0.1, 0.15) is 28.8 Å². The van der Waals surface area contributed by atoms with Gasteiger partial charge in [-0.05, 0) is 36.2 Å². The van der Waals surface area contributed by atoms with Gasteiger partial charge in [-0.15, -0.1) is 6.42 Å². The Bertz CT molecular complexity index is 708. The van der Waals surface area contributed by atoms with Crippen LogP contribution < -0.4 is 4.74 Å². The molecular weight excluding hydrogens is 276 g/mol. The first kappa shape index (κ1) is 15.7. The lowest BCUT2D eigenvalue weighted by Gasteiger charge is -2.13. The van der Waals surface area contributed by atoms with Gasteiger partial charge in [0.05, 0.1) is 19.8 Å². The third-order valence-electron chi connectivity index (χ3n) is 3.59. The van der Waals surface area contributed by atoms with Crippen LogP contribution in [0.5, 0.6) is 5.75 Å². The van der Waals surface area contributed by atoms with Gasteiger partial charge in [-0.25, -0.2) is 4.79 Å². The lowest BCUT2D eigenvalue weighted by Crippen LogP contribution is -2.00. The number of carbonyl (C=O) groups is 1. The van der Waals surface area contributed by atoms with Crippen LogP contribution in [0.25, 0.3) is 11.1 Å². The normalized spacial score (nSPS) is 11.4. The van der Waals surface area contributed by atoms with Crippen LogP contribution in [0, 0.1) is 12.3 Å². The number of hydrogen-bond acceptors (Lipinski definition) is 3. The van der Waals surface area contributed by atoms with E-state index in [1.165, 1.54) is 7.11 Å². The first-order valence-electron chi connectivity index (χ1n) is 6.93. The van der Waals surface area contributed by atoms with Crippen LogP contribution in [0.3, 0.4) is 0 Å². The first-order chi connectivity index (χ1) is 10.6. The Balaban J connectivity index is 2.37. The minimum absolute atomic E-state index is 0.00861. The van der Waals surface area contributed by atoms with E-state index in [1.807, 2.05) is 37.3 Å². The summed E-state index contributed by atoms with van der Waals surface area (Å²) in [6, 6.07) is 13.2. The molecule has 0 saturated heterocycles. The Labute approximate surface area is 130 Å². The summed E-state index contributed by atoms with van der Waals surface area (Å²) >= 11 is 0. The first-order valence-corrected chi connectivity index (χ1v) is 6.93. The van der Waals surface area contributed by atoms with Crippen molar-refractivity contribution in [2.45, 2.75) is 12.8 Å². The summed E-state index contributed by atoms with van der Waals surface area (Å²) in [6.45, 7) is 1.96. The molecular formula is C19H18O3. The van der Waals surface area contributed by atoms with E-state index in [2.05, 4.69) is 5.92 Å². The maximum atomic E-state index is 11.5. The molecule has 0 amide bonds. The van der Waals surface area contributed by atoms with E-state index in [1.54, 1.807) is 19.2 Å². The maximum absolute atomic E-state index is 11.5. The van der Waals surface area contributed by atoms with E-state index in [9.17, 15) is 4.79 Å². The van der Waals surface area contributed by atoms with Gasteiger partial charge in [0.2, 0.25) is 0 Å². The van der Waals surface area contributed by atoms with Crippen molar-refractivity contribution in [3.63, 3.8) is 0 Å². The molecule has 112 valence electrons. The van der Waals surface area contributed by atoms with Gasteiger partial charge >= 0.3 is 5.97 Å². The molecule has 22 heavy (non-hydrogen) atoms. The number of hydrogen-bond donors (Lipinski definition) is 0. The Morgan fingerprint density at radius 1 is 1.09 bits per heavy atom. The molecule has 0 bridgehead atoms. The Morgan fingerprint density at radius 3 is 2.27 bits per heavy atom. The lowest BCUT2D eigenvalue weighted by molar-refractivity contribution is 0.0601. The van der Waals surface area contributed by atoms with Crippen molar-refractivity contribution in [2.24, 2.45) is 0 Å². The molecule has 0 heterocycles. The van der Waals surface area contributed by atoms with Gasteiger partial charge in [0.15, 0.2) is 0 Å². The smallest absolute Gasteiger partial charge is 0.337 e. The fourth-order valence-electron chi connectivity index (χ4n) is 2.25. The molecule has 0 fully saturated rings. The van der Waals surface area contributed by atoms with Gasteiger partial charge in [0.1, 0.15) is 5.75 Å². The molecule has 2 aromatic carbocycles. The van der Waals surface area contributed by atoms with Gasteiger partial charge < -0.3 is 9.47 Å². The molecule has 0 aromatic heterocycles. The average molecular weight is 294 g/mol. The van der Waals surface area contributed by atoms with Crippen molar-refractivity contribution in [3.05, 3.63) is 53.6 Å². The minimum Gasteiger partial charge on any atom is -0.496 e. The van der Waals surface area contributed by atoms with Crippen LogP contribution in [0.4, 0.5) is 0 Å². The molecule has 0 saturated carbocycles. The average Bonchev–Trinajstić information content (AvgIpc) is 2.59. The van der Waals surface area contributed by atoms with Gasteiger partial charge in [-0.3, -0.25) is 0 Å². The van der Waals surface area contributed by atoms with Crippen LogP contribution in [-0.2, 0) is 4.74 Å². The number of benzene rings is 2. The van der Waals surface area contributed by atoms with Crippen LogP contribution in [0.15, 0.2) is 42.5 Å². The van der Waals surface area contributed by atoms with E-state index in [-0.39, 0.29) is 11.9 Å². The van der Waals surface area contributed by atoms with E-state index in [0.717, 1.165) is 22.4 Å². The van der Waals surface area contributed by atoms with E-state index in [4.69, 9.17) is 15.9 Å². The van der Waals surface area contributed by atoms with Crippen LogP contribution >= 0.6 is 0 Å². The third-order valence-corrected chi connectivity index (χ3v) is 3.59. The van der Waals surface area contributed by atoms with Crippen molar-refractivity contribution in [1.82, 2.24) is 0 Å². The zero-order valence-corrected chi connectivity index (χ0v) is 12.9. The van der Waals surface area contributed by atoms with Gasteiger partial charge in [-0.2, -0.15) is 0 Å². The molecule has 0 aliphatic rings. The predicted molar refractivity (Wildman–Crippen MR) is 87.0 cm³/mol. The molecule has 2 aromatic rings. The number of ether oxygens (including phenoxy) is 2. The molecule has 0 aliphatic heterocycles. The fourth-order valence-corrected chi connectivity index (χ4v) is 2.25. The van der Waals surface area contributed by atoms with Gasteiger partial charge in [-0.1, -0.05) is 30.2 Å². The van der Waals surface area contributed by atoms with Crippen molar-refractivity contribution < 1.29 is 14.3 Å². The minimum atomic E-state index is -0.345. The highest BCUT2D eigenvalue weighted by Gasteiger charge is 2.11. The largest absolute Gasteiger partial charge is 0.496 e. The maximum Gasteiger partial charge on any atom is 0.337 e. The Hall–Kier alpha value is -2.73. The highest BCUT2D eigenvalue weighted by atomic mass is 16.5. The predicted octanol–water partition coefficient (Wildman–Crippen LogP) is 3.89. The molecule has 1 atom stereocenters. The van der Waals surface area contributed by atoms with Crippen LogP contribution in [-0.4, -0.2) is 20.2 Å². The second-order valence-electron chi connectivity index (χ2n) is 4.91. The lowest BCUT2D eigenvalue weighted by atomic mass is 9.96. The summed E-state index contributed by atoms with van der Waals surface area (Å²) in [7, 11) is 3.00. The van der Waals surface area contributed by atoms with Crippen molar-refractivity contribution in [2.75, 3.05) is 14.2 Å². The number of esters is 1. The van der Waals surface area contributed by atoms with Crippen molar-refractivity contribution in [1.29, 1.82) is 0 Å². The topological polar surface area (TPSA) is 35.5 Å². The number of terminal acetylenes is 1. The monoisotopic (exact) mass is 294 g/mol. The number of rotatable bonds is 4. The fraction of sp³-hybridized carbons (Fsp3) is 0.211. The molecule has 0 N–H and O–H groups in total. The summed E-state index contributed by atoms with van der Waals surface area (Å²) in [4.78, 5) is 11.5. The SMILES string of the molecule is C#CC(C)c1ccc(-c2ccc(C(=O)OC)cc2)cc1OC. The molecule has 2 rings (SSSR count). The zero-order chi connectivity index (χ0) is 16.1. The van der Waals surface area contributed by atoms with Gasteiger partial charge in [0, 0.05) is 11.5 Å². The second-order valence-corrected chi connectivity index (χ2v) is 4.91. The van der Waals surface area contributed by atoms with E-state index >= 15 is 0 Å². The number of methoxy groups -OCH3 is 2. The van der Waals surface area contributed by atoms with E-state index < -0.39 is 0 Å². The summed E-state index contributed by atoms with van der Waals surface area (Å²) in [6.07, 6.45) is 5.49. The highest BCUT2D eigenvalue weighted by Crippen LogP contribution is 2.31. The zero-order valence-electron chi connectivity index (χ0n) is 12.9. The summed E-state index contributed by atoms with van der Waals surface area (Å²) in [5.41, 5.74) is 3.50. The second kappa shape index (κ2) is 6.82. The van der Waals surface area contributed by atoms with Gasteiger partial charge in [0.25, 0.3) is 0 Å². The standard InChI is InChI=1S/C19H18O3/c1-5-13(2)17-11-10-16(12-18(17)21-3)14-6-8-15(9-7-14)19(20)22-4/h1,6-13H,2-4H3. The van der Waals surface area contributed by atoms with E-state index in [0.29, 0.717) is 5.56 Å².